The molecule has 0 aliphatic carbocycles. The molecule has 0 heterocycles. The highest BCUT2D eigenvalue weighted by molar-refractivity contribution is 6.06. The lowest BCUT2D eigenvalue weighted by Gasteiger charge is -2.11. The minimum absolute atomic E-state index is 0.628. The normalized spacial score (nSPS) is 10.4. The van der Waals surface area contributed by atoms with Crippen molar-refractivity contribution in [2.24, 2.45) is 0 Å². The predicted molar refractivity (Wildman–Crippen MR) is 130 cm³/mol. The Morgan fingerprint density at radius 3 is 0.969 bits per heavy atom. The number of rotatable bonds is 2. The molecule has 0 bridgehead atoms. The third-order valence-corrected chi connectivity index (χ3v) is 5.78. The predicted octanol–water partition coefficient (Wildman–Crippen LogP) is 5.44. The lowest BCUT2D eigenvalue weighted by atomic mass is 9.90. The van der Waals surface area contributed by atoms with Gasteiger partial charge in [-0.25, -0.2) is 0 Å². The van der Waals surface area contributed by atoms with Crippen molar-refractivity contribution in [2.45, 2.75) is 0 Å². The SMILES string of the molecule is N#CC(c1ccccc1)=c1c2ccccc2c(=C(C#N)c2ccccc2)c2ccccc12. The lowest BCUT2D eigenvalue weighted by molar-refractivity contribution is 1.50. The molecule has 0 aliphatic heterocycles. The van der Waals surface area contributed by atoms with Gasteiger partial charge in [-0.05, 0) is 32.7 Å². The molecule has 0 radical (unpaired) electrons. The Morgan fingerprint density at radius 1 is 0.406 bits per heavy atom. The van der Waals surface area contributed by atoms with E-state index >= 15 is 0 Å². The first-order chi connectivity index (χ1) is 15.8. The van der Waals surface area contributed by atoms with Gasteiger partial charge in [0.05, 0.1) is 11.1 Å². The van der Waals surface area contributed by atoms with E-state index in [-0.39, 0.29) is 0 Å². The Labute approximate surface area is 186 Å². The number of hydrogen-bond acceptors (Lipinski definition) is 2. The number of nitrogens with zero attached hydrogens (tertiary/aromatic N) is 2. The molecule has 0 atom stereocenters. The van der Waals surface area contributed by atoms with Crippen molar-refractivity contribution < 1.29 is 0 Å². The van der Waals surface area contributed by atoms with E-state index in [1.54, 1.807) is 0 Å². The van der Waals surface area contributed by atoms with Crippen LogP contribution in [0.25, 0.3) is 32.7 Å². The van der Waals surface area contributed by atoms with Crippen molar-refractivity contribution in [1.29, 1.82) is 10.5 Å². The highest BCUT2D eigenvalue weighted by atomic mass is 14.3. The minimum atomic E-state index is 0.628. The number of benzene rings is 5. The first-order valence-electron chi connectivity index (χ1n) is 10.4. The molecule has 148 valence electrons. The summed E-state index contributed by atoms with van der Waals surface area (Å²) in [5, 5.41) is 26.1. The Bertz CT molecular complexity index is 1480. The van der Waals surface area contributed by atoms with Crippen molar-refractivity contribution in [2.75, 3.05) is 0 Å². The van der Waals surface area contributed by atoms with Crippen LogP contribution in [0.4, 0.5) is 0 Å². The fourth-order valence-corrected chi connectivity index (χ4v) is 4.41. The number of nitriles is 2. The van der Waals surface area contributed by atoms with Crippen LogP contribution in [-0.4, -0.2) is 0 Å². The van der Waals surface area contributed by atoms with E-state index in [1.165, 1.54) is 0 Å². The summed E-state index contributed by atoms with van der Waals surface area (Å²) in [5.74, 6) is 0. The molecule has 0 fully saturated rings. The van der Waals surface area contributed by atoms with Gasteiger partial charge >= 0.3 is 0 Å². The molecule has 2 heteroatoms. The third kappa shape index (κ3) is 3.12. The molecule has 0 aromatic heterocycles. The molecule has 5 aromatic rings. The average Bonchev–Trinajstić information content (AvgIpc) is 2.87. The zero-order valence-electron chi connectivity index (χ0n) is 17.3. The summed E-state index contributed by atoms with van der Waals surface area (Å²) >= 11 is 0. The number of hydrogen-bond donors (Lipinski definition) is 0. The fraction of sp³-hybridized carbons (Fsp3) is 0. The zero-order chi connectivity index (χ0) is 21.9. The first kappa shape index (κ1) is 19.3. The molecule has 0 saturated heterocycles. The van der Waals surface area contributed by atoms with Crippen molar-refractivity contribution in [1.82, 2.24) is 0 Å². The Kier molecular flexibility index (Phi) is 4.97. The van der Waals surface area contributed by atoms with E-state index in [4.69, 9.17) is 0 Å². The molecule has 0 aliphatic rings. The number of fused-ring (bicyclic) bond motifs is 2. The van der Waals surface area contributed by atoms with E-state index in [1.807, 2.05) is 109 Å². The van der Waals surface area contributed by atoms with Crippen LogP contribution >= 0.6 is 0 Å². The molecule has 0 unspecified atom stereocenters. The average molecular weight is 406 g/mol. The lowest BCUT2D eigenvalue weighted by Crippen LogP contribution is -2.19. The second kappa shape index (κ2) is 8.23. The highest BCUT2D eigenvalue weighted by Gasteiger charge is 2.14. The van der Waals surface area contributed by atoms with Gasteiger partial charge in [0, 0.05) is 10.4 Å². The second-order valence-corrected chi connectivity index (χ2v) is 7.55. The monoisotopic (exact) mass is 406 g/mol. The molecular formula is C30H18N2. The summed E-state index contributed by atoms with van der Waals surface area (Å²) < 4.78 is 0. The van der Waals surface area contributed by atoms with E-state index in [9.17, 15) is 10.5 Å². The van der Waals surface area contributed by atoms with Gasteiger partial charge in [0.15, 0.2) is 0 Å². The standard InChI is InChI=1S/C30H18N2/c31-19-27(21-11-3-1-4-12-21)29-23-15-7-9-17-25(23)30(26-18-10-8-16-24(26)29)28(20-32)22-13-5-2-6-14-22/h1-18H. The smallest absolute Gasteiger partial charge is 0.100 e. The van der Waals surface area contributed by atoms with Gasteiger partial charge in [0.2, 0.25) is 0 Å². The summed E-state index contributed by atoms with van der Waals surface area (Å²) in [4.78, 5) is 0. The maximum atomic E-state index is 10.2. The molecule has 32 heavy (non-hydrogen) atoms. The summed E-state index contributed by atoms with van der Waals surface area (Å²) in [6.45, 7) is 0. The first-order valence-corrected chi connectivity index (χ1v) is 10.4. The van der Waals surface area contributed by atoms with Gasteiger partial charge in [0.1, 0.15) is 12.1 Å². The van der Waals surface area contributed by atoms with Gasteiger partial charge < -0.3 is 0 Å². The van der Waals surface area contributed by atoms with Crippen LogP contribution in [0.3, 0.4) is 0 Å². The molecule has 5 aromatic carbocycles. The summed E-state index contributed by atoms with van der Waals surface area (Å²) in [6, 6.07) is 40.6. The molecular weight excluding hydrogens is 388 g/mol. The van der Waals surface area contributed by atoms with Gasteiger partial charge in [-0.1, -0.05) is 109 Å². The molecule has 0 spiro atoms. The van der Waals surface area contributed by atoms with Crippen LogP contribution in [0, 0.1) is 22.7 Å². The Morgan fingerprint density at radius 2 is 0.688 bits per heavy atom. The van der Waals surface area contributed by atoms with Gasteiger partial charge in [0.25, 0.3) is 0 Å². The quantitative estimate of drug-likeness (QED) is 0.367. The molecule has 0 N–H and O–H groups in total. The topological polar surface area (TPSA) is 47.6 Å². The van der Waals surface area contributed by atoms with Crippen molar-refractivity contribution in [3.63, 3.8) is 0 Å². The highest BCUT2D eigenvalue weighted by Crippen LogP contribution is 2.21. The van der Waals surface area contributed by atoms with E-state index in [0.29, 0.717) is 11.1 Å². The molecule has 0 saturated carbocycles. The van der Waals surface area contributed by atoms with Crippen LogP contribution in [0.1, 0.15) is 11.1 Å². The van der Waals surface area contributed by atoms with Crippen LogP contribution < -0.4 is 10.4 Å². The van der Waals surface area contributed by atoms with Gasteiger partial charge in [-0.15, -0.1) is 0 Å². The van der Waals surface area contributed by atoms with Gasteiger partial charge in [-0.3, -0.25) is 0 Å². The van der Waals surface area contributed by atoms with Crippen LogP contribution in [0.2, 0.25) is 0 Å². The van der Waals surface area contributed by atoms with Gasteiger partial charge in [-0.2, -0.15) is 10.5 Å². The van der Waals surface area contributed by atoms with Crippen LogP contribution in [0.5, 0.6) is 0 Å². The van der Waals surface area contributed by atoms with E-state index in [0.717, 1.165) is 43.1 Å². The van der Waals surface area contributed by atoms with Crippen molar-refractivity contribution in [3.8, 4) is 12.1 Å². The summed E-state index contributed by atoms with van der Waals surface area (Å²) in [7, 11) is 0. The zero-order valence-corrected chi connectivity index (χ0v) is 17.3. The second-order valence-electron chi connectivity index (χ2n) is 7.55. The Hall–Kier alpha value is -4.66. The maximum Gasteiger partial charge on any atom is 0.100 e. The molecule has 2 nitrogen and oxygen atoms in total. The van der Waals surface area contributed by atoms with Crippen molar-refractivity contribution in [3.05, 3.63) is 131 Å². The largest absolute Gasteiger partial charge is 0.192 e. The maximum absolute atomic E-state index is 10.2. The fourth-order valence-electron chi connectivity index (χ4n) is 4.41. The van der Waals surface area contributed by atoms with E-state index in [2.05, 4.69) is 12.1 Å². The summed E-state index contributed by atoms with van der Waals surface area (Å²) in [5.41, 5.74) is 3.02. The van der Waals surface area contributed by atoms with Crippen LogP contribution in [0.15, 0.2) is 109 Å². The minimum Gasteiger partial charge on any atom is -0.192 e. The van der Waals surface area contributed by atoms with E-state index < -0.39 is 0 Å². The molecule has 0 amide bonds. The summed E-state index contributed by atoms with van der Waals surface area (Å²) in [6.07, 6.45) is 0. The third-order valence-electron chi connectivity index (χ3n) is 5.78. The Balaban J connectivity index is 2.14. The van der Waals surface area contributed by atoms with Crippen LogP contribution in [-0.2, 0) is 0 Å². The molecule has 5 rings (SSSR count). The van der Waals surface area contributed by atoms with Crippen molar-refractivity contribution >= 4 is 32.7 Å².